The molecule has 0 aliphatic carbocycles. The van der Waals surface area contributed by atoms with Crippen molar-refractivity contribution >= 4 is 51.9 Å². The van der Waals surface area contributed by atoms with Crippen LogP contribution in [-0.4, -0.2) is 50.8 Å². The zero-order valence-electron chi connectivity index (χ0n) is 21.9. The van der Waals surface area contributed by atoms with Crippen molar-refractivity contribution in [1.82, 2.24) is 24.3 Å². The van der Waals surface area contributed by atoms with E-state index in [9.17, 15) is 4.79 Å². The van der Waals surface area contributed by atoms with E-state index < -0.39 is 0 Å². The predicted molar refractivity (Wildman–Crippen MR) is 158 cm³/mol. The summed E-state index contributed by atoms with van der Waals surface area (Å²) in [5.41, 5.74) is 2.94. The molecule has 10 nitrogen and oxygen atoms in total. The number of pyridine rings is 1. The van der Waals surface area contributed by atoms with Gasteiger partial charge in [-0.15, -0.1) is 0 Å². The highest BCUT2D eigenvalue weighted by Gasteiger charge is 2.08. The fraction of sp³-hybridized carbons (Fsp3) is 0.103. The summed E-state index contributed by atoms with van der Waals surface area (Å²) >= 11 is 6.51. The molecule has 11 heteroatoms. The van der Waals surface area contributed by atoms with Crippen LogP contribution in [0, 0.1) is 0 Å². The van der Waals surface area contributed by atoms with Gasteiger partial charge < -0.3 is 30.0 Å². The molecule has 3 N–H and O–H groups in total. The van der Waals surface area contributed by atoms with Crippen molar-refractivity contribution < 1.29 is 9.53 Å². The number of rotatable bonds is 10. The van der Waals surface area contributed by atoms with E-state index in [2.05, 4.69) is 30.9 Å². The van der Waals surface area contributed by atoms with E-state index in [1.807, 2.05) is 84.3 Å². The summed E-state index contributed by atoms with van der Waals surface area (Å²) < 4.78 is 7.86. The van der Waals surface area contributed by atoms with Crippen LogP contribution in [0.5, 0.6) is 11.5 Å². The van der Waals surface area contributed by atoms with Gasteiger partial charge in [0.2, 0.25) is 5.91 Å². The Kier molecular flexibility index (Phi) is 8.19. The van der Waals surface area contributed by atoms with Crippen molar-refractivity contribution in [2.24, 2.45) is 0 Å². The van der Waals surface area contributed by atoms with Gasteiger partial charge in [0.25, 0.3) is 0 Å². The first-order valence-corrected chi connectivity index (χ1v) is 12.8. The lowest BCUT2D eigenvalue weighted by molar-refractivity contribution is -0.111. The third kappa shape index (κ3) is 7.13. The van der Waals surface area contributed by atoms with Gasteiger partial charge in [-0.25, -0.2) is 15.0 Å². The summed E-state index contributed by atoms with van der Waals surface area (Å²) in [6.07, 6.45) is 10.3. The van der Waals surface area contributed by atoms with Crippen molar-refractivity contribution in [2.75, 3.05) is 36.6 Å². The van der Waals surface area contributed by atoms with Crippen LogP contribution in [0.15, 0.2) is 97.7 Å². The first-order chi connectivity index (χ1) is 19.4. The Morgan fingerprint density at radius 3 is 2.50 bits per heavy atom. The molecule has 40 heavy (non-hydrogen) atoms. The van der Waals surface area contributed by atoms with Crippen LogP contribution in [0.4, 0.5) is 28.7 Å². The van der Waals surface area contributed by atoms with E-state index in [1.165, 1.54) is 12.4 Å². The van der Waals surface area contributed by atoms with E-state index in [-0.39, 0.29) is 5.91 Å². The van der Waals surface area contributed by atoms with Crippen LogP contribution < -0.4 is 20.7 Å². The summed E-state index contributed by atoms with van der Waals surface area (Å²) in [6, 6.07) is 18.2. The predicted octanol–water partition coefficient (Wildman–Crippen LogP) is 6.11. The monoisotopic (exact) mass is 554 g/mol. The number of fused-ring (bicyclic) bond motifs is 1. The number of ether oxygens (including phenoxy) is 1. The fourth-order valence-electron chi connectivity index (χ4n) is 3.76. The molecule has 2 aromatic carbocycles. The smallest absolute Gasteiger partial charge is 0.248 e. The zero-order chi connectivity index (χ0) is 27.9. The highest BCUT2D eigenvalue weighted by Crippen LogP contribution is 2.33. The van der Waals surface area contributed by atoms with Crippen LogP contribution in [-0.2, 0) is 4.79 Å². The Balaban J connectivity index is 1.21. The molecule has 1 amide bonds. The number of nitrogens with one attached hydrogen (secondary N) is 3. The number of benzene rings is 2. The normalized spacial score (nSPS) is 11.2. The molecule has 0 spiro atoms. The topological polar surface area (TPSA) is 109 Å². The third-order valence-electron chi connectivity index (χ3n) is 5.61. The SMILES string of the molecule is CN(C)C/C=C/C(=O)Nc1cccc(Nc2cc(Nc3ccc(Oc4ccn5ccnc5c4)c(Cl)c3)ncn2)c1. The lowest BCUT2D eigenvalue weighted by Crippen LogP contribution is -2.12. The van der Waals surface area contributed by atoms with Gasteiger partial charge in [-0.05, 0) is 56.6 Å². The minimum absolute atomic E-state index is 0.193. The molecule has 5 rings (SSSR count). The molecular formula is C29H27ClN8O2. The first kappa shape index (κ1) is 26.7. The van der Waals surface area contributed by atoms with Gasteiger partial charge in [0, 0.05) is 60.4 Å². The van der Waals surface area contributed by atoms with Crippen LogP contribution in [0.3, 0.4) is 0 Å². The molecule has 0 atom stereocenters. The lowest BCUT2D eigenvalue weighted by Gasteiger charge is -2.12. The van der Waals surface area contributed by atoms with Crippen LogP contribution in [0.2, 0.25) is 5.02 Å². The fourth-order valence-corrected chi connectivity index (χ4v) is 3.98. The molecule has 0 radical (unpaired) electrons. The second kappa shape index (κ2) is 12.3. The molecule has 0 saturated carbocycles. The van der Waals surface area contributed by atoms with Gasteiger partial charge >= 0.3 is 0 Å². The summed E-state index contributed by atoms with van der Waals surface area (Å²) in [4.78, 5) is 27.0. The number of hydrogen-bond acceptors (Lipinski definition) is 8. The summed E-state index contributed by atoms with van der Waals surface area (Å²) in [7, 11) is 3.88. The number of amides is 1. The number of carbonyl (C=O) groups excluding carboxylic acids is 1. The molecule has 3 heterocycles. The van der Waals surface area contributed by atoms with E-state index in [0.717, 1.165) is 17.0 Å². The molecule has 0 aliphatic rings. The Bertz CT molecular complexity index is 1670. The number of likely N-dealkylation sites (N-methyl/N-ethyl adjacent to an activating group) is 1. The largest absolute Gasteiger partial charge is 0.456 e. The van der Waals surface area contributed by atoms with E-state index in [4.69, 9.17) is 16.3 Å². The Labute approximate surface area is 236 Å². The summed E-state index contributed by atoms with van der Waals surface area (Å²) in [6.45, 7) is 0.687. The van der Waals surface area contributed by atoms with Crippen LogP contribution >= 0.6 is 11.6 Å². The average Bonchev–Trinajstić information content (AvgIpc) is 3.38. The maximum Gasteiger partial charge on any atom is 0.248 e. The molecule has 202 valence electrons. The highest BCUT2D eigenvalue weighted by molar-refractivity contribution is 6.32. The van der Waals surface area contributed by atoms with Gasteiger partial charge in [0.05, 0.1) is 5.02 Å². The average molecular weight is 555 g/mol. The van der Waals surface area contributed by atoms with Gasteiger partial charge in [-0.3, -0.25) is 4.79 Å². The molecule has 0 aliphatic heterocycles. The van der Waals surface area contributed by atoms with E-state index in [0.29, 0.717) is 40.4 Å². The Morgan fingerprint density at radius 2 is 1.73 bits per heavy atom. The van der Waals surface area contributed by atoms with E-state index in [1.54, 1.807) is 24.4 Å². The van der Waals surface area contributed by atoms with Gasteiger partial charge in [-0.1, -0.05) is 23.7 Å². The van der Waals surface area contributed by atoms with Gasteiger partial charge in [0.1, 0.15) is 35.1 Å². The van der Waals surface area contributed by atoms with Crippen molar-refractivity contribution in [2.45, 2.75) is 0 Å². The van der Waals surface area contributed by atoms with Gasteiger partial charge in [-0.2, -0.15) is 0 Å². The van der Waals surface area contributed by atoms with Crippen molar-refractivity contribution in [1.29, 1.82) is 0 Å². The first-order valence-electron chi connectivity index (χ1n) is 12.4. The molecule has 0 fully saturated rings. The number of halogens is 1. The number of imidazole rings is 1. The Morgan fingerprint density at radius 1 is 0.950 bits per heavy atom. The van der Waals surface area contributed by atoms with Crippen LogP contribution in [0.1, 0.15) is 0 Å². The minimum atomic E-state index is -0.193. The standard InChI is InChI=1S/C29H27ClN8O2/c1-37(2)12-4-7-29(39)36-21-6-3-5-20(15-21)34-26-18-27(33-19-32-26)35-22-8-9-25(24(30)16-22)40-23-10-13-38-14-11-31-28(38)17-23/h3-11,13-19H,12H2,1-2H3,(H,36,39)(H2,32,33,34,35)/b7-4+. The summed E-state index contributed by atoms with van der Waals surface area (Å²) in [5, 5.41) is 9.78. The van der Waals surface area contributed by atoms with Crippen molar-refractivity contribution in [3.8, 4) is 11.5 Å². The molecule has 0 saturated heterocycles. The van der Waals surface area contributed by atoms with Crippen LogP contribution in [0.25, 0.3) is 5.65 Å². The number of anilines is 5. The molecular weight excluding hydrogens is 528 g/mol. The number of carbonyl (C=O) groups is 1. The zero-order valence-corrected chi connectivity index (χ0v) is 22.6. The second-order valence-corrected chi connectivity index (χ2v) is 9.48. The number of hydrogen-bond donors (Lipinski definition) is 3. The Hall–Kier alpha value is -4.93. The minimum Gasteiger partial charge on any atom is -0.456 e. The quantitative estimate of drug-likeness (QED) is 0.177. The number of nitrogens with zero attached hydrogens (tertiary/aromatic N) is 5. The molecule has 0 unspecified atom stereocenters. The second-order valence-electron chi connectivity index (χ2n) is 9.08. The number of aromatic nitrogens is 4. The molecule has 5 aromatic rings. The maximum atomic E-state index is 12.2. The highest BCUT2D eigenvalue weighted by atomic mass is 35.5. The molecule has 3 aromatic heterocycles. The van der Waals surface area contributed by atoms with Crippen molar-refractivity contribution in [3.05, 3.63) is 103 Å². The third-order valence-corrected chi connectivity index (χ3v) is 5.91. The van der Waals surface area contributed by atoms with Crippen molar-refractivity contribution in [3.63, 3.8) is 0 Å². The lowest BCUT2D eigenvalue weighted by atomic mass is 10.2. The summed E-state index contributed by atoms with van der Waals surface area (Å²) in [5.74, 6) is 2.11. The van der Waals surface area contributed by atoms with Gasteiger partial charge in [0.15, 0.2) is 0 Å². The molecule has 0 bridgehead atoms. The maximum absolute atomic E-state index is 12.2. The van der Waals surface area contributed by atoms with E-state index >= 15 is 0 Å².